The largest absolute Gasteiger partial charge is 0.487 e. The second-order valence-electron chi connectivity index (χ2n) is 3.58. The van der Waals surface area contributed by atoms with E-state index in [0.717, 1.165) is 10.7 Å². The second kappa shape index (κ2) is 5.47. The van der Waals surface area contributed by atoms with Crippen LogP contribution in [0.15, 0.2) is 23.6 Å². The lowest BCUT2D eigenvalue weighted by atomic mass is 10.2. The minimum Gasteiger partial charge on any atom is -0.487 e. The number of benzene rings is 1. The van der Waals surface area contributed by atoms with Crippen LogP contribution in [0.4, 0.5) is 4.39 Å². The minimum atomic E-state index is -0.340. The van der Waals surface area contributed by atoms with Crippen molar-refractivity contribution in [2.45, 2.75) is 19.4 Å². The van der Waals surface area contributed by atoms with Gasteiger partial charge in [0.05, 0.1) is 10.7 Å². The summed E-state index contributed by atoms with van der Waals surface area (Å²) in [5, 5.41) is 2.92. The van der Waals surface area contributed by atoms with Crippen LogP contribution >= 0.6 is 22.9 Å². The Bertz CT molecular complexity index is 515. The smallest absolute Gasteiger partial charge is 0.131 e. The van der Waals surface area contributed by atoms with Gasteiger partial charge in [-0.05, 0) is 24.6 Å². The Labute approximate surface area is 108 Å². The molecule has 0 fully saturated rings. The van der Waals surface area contributed by atoms with Crippen molar-refractivity contribution in [3.8, 4) is 5.75 Å². The highest BCUT2D eigenvalue weighted by molar-refractivity contribution is 7.09. The molecule has 17 heavy (non-hydrogen) atoms. The standard InChI is InChI=1S/C12H11ClFNOS/c1-8-15-11(7-17-8)6-16-12-3-9(5-13)2-10(14)4-12/h2-4,7H,5-6H2,1H3. The number of aromatic nitrogens is 1. The topological polar surface area (TPSA) is 22.1 Å². The van der Waals surface area contributed by atoms with Crippen molar-refractivity contribution in [2.24, 2.45) is 0 Å². The van der Waals surface area contributed by atoms with Crippen molar-refractivity contribution in [3.63, 3.8) is 0 Å². The normalized spacial score (nSPS) is 10.5. The molecule has 1 aromatic heterocycles. The molecule has 0 saturated heterocycles. The monoisotopic (exact) mass is 271 g/mol. The van der Waals surface area contributed by atoms with Gasteiger partial charge in [0, 0.05) is 17.3 Å². The van der Waals surface area contributed by atoms with Gasteiger partial charge in [0.1, 0.15) is 18.2 Å². The average Bonchev–Trinajstić information content (AvgIpc) is 2.72. The van der Waals surface area contributed by atoms with Gasteiger partial charge in [-0.15, -0.1) is 22.9 Å². The Kier molecular flexibility index (Phi) is 3.97. The Morgan fingerprint density at radius 3 is 2.88 bits per heavy atom. The van der Waals surface area contributed by atoms with E-state index < -0.39 is 0 Å². The lowest BCUT2D eigenvalue weighted by molar-refractivity contribution is 0.300. The van der Waals surface area contributed by atoms with Gasteiger partial charge in [0.15, 0.2) is 0 Å². The molecule has 0 aliphatic carbocycles. The van der Waals surface area contributed by atoms with Crippen LogP contribution in [0.3, 0.4) is 0 Å². The molecule has 0 atom stereocenters. The van der Waals surface area contributed by atoms with Crippen LogP contribution in [0.1, 0.15) is 16.3 Å². The fourth-order valence-electron chi connectivity index (χ4n) is 1.41. The first kappa shape index (κ1) is 12.3. The van der Waals surface area contributed by atoms with Gasteiger partial charge < -0.3 is 4.74 Å². The molecule has 2 rings (SSSR count). The maximum absolute atomic E-state index is 13.2. The van der Waals surface area contributed by atoms with Crippen LogP contribution in [0.2, 0.25) is 0 Å². The van der Waals surface area contributed by atoms with E-state index in [-0.39, 0.29) is 11.7 Å². The Morgan fingerprint density at radius 1 is 1.41 bits per heavy atom. The predicted octanol–water partition coefficient (Wildman–Crippen LogP) is 3.91. The quantitative estimate of drug-likeness (QED) is 0.787. The first-order chi connectivity index (χ1) is 8.17. The van der Waals surface area contributed by atoms with Crippen LogP contribution in [-0.4, -0.2) is 4.98 Å². The van der Waals surface area contributed by atoms with Gasteiger partial charge >= 0.3 is 0 Å². The molecule has 0 spiro atoms. The summed E-state index contributed by atoms with van der Waals surface area (Å²) in [6.07, 6.45) is 0. The van der Waals surface area contributed by atoms with Gasteiger partial charge in [-0.1, -0.05) is 0 Å². The van der Waals surface area contributed by atoms with Crippen molar-refractivity contribution < 1.29 is 9.13 Å². The highest BCUT2D eigenvalue weighted by atomic mass is 35.5. The summed E-state index contributed by atoms with van der Waals surface area (Å²) in [6, 6.07) is 4.47. The van der Waals surface area contributed by atoms with Gasteiger partial charge in [-0.3, -0.25) is 0 Å². The number of nitrogens with zero attached hydrogens (tertiary/aromatic N) is 1. The molecule has 5 heteroatoms. The highest BCUT2D eigenvalue weighted by Crippen LogP contribution is 2.19. The third-order valence-electron chi connectivity index (χ3n) is 2.14. The van der Waals surface area contributed by atoms with E-state index in [1.807, 2.05) is 12.3 Å². The summed E-state index contributed by atoms with van der Waals surface area (Å²) in [5.41, 5.74) is 1.56. The molecule has 2 aromatic rings. The maximum atomic E-state index is 13.2. The van der Waals surface area contributed by atoms with E-state index >= 15 is 0 Å². The van der Waals surface area contributed by atoms with E-state index in [1.165, 1.54) is 12.1 Å². The molecule has 2 nitrogen and oxygen atoms in total. The summed E-state index contributed by atoms with van der Waals surface area (Å²) < 4.78 is 18.7. The van der Waals surface area contributed by atoms with Crippen molar-refractivity contribution >= 4 is 22.9 Å². The van der Waals surface area contributed by atoms with E-state index in [9.17, 15) is 4.39 Å². The molecule has 0 unspecified atom stereocenters. The van der Waals surface area contributed by atoms with Crippen LogP contribution in [0.5, 0.6) is 5.75 Å². The first-order valence-electron chi connectivity index (χ1n) is 5.06. The summed E-state index contributed by atoms with van der Waals surface area (Å²) in [6.45, 7) is 2.28. The van der Waals surface area contributed by atoms with Gasteiger partial charge in [-0.2, -0.15) is 0 Å². The van der Waals surface area contributed by atoms with Gasteiger partial charge in [-0.25, -0.2) is 9.37 Å². The van der Waals surface area contributed by atoms with Crippen LogP contribution in [-0.2, 0) is 12.5 Å². The van der Waals surface area contributed by atoms with Crippen LogP contribution in [0.25, 0.3) is 0 Å². The first-order valence-corrected chi connectivity index (χ1v) is 6.48. The molecular formula is C12H11ClFNOS. The number of halogens is 2. The summed E-state index contributed by atoms with van der Waals surface area (Å²) in [5.74, 6) is 0.406. The van der Waals surface area contributed by atoms with Crippen molar-refractivity contribution in [3.05, 3.63) is 45.7 Å². The molecule has 0 aliphatic heterocycles. The molecule has 0 amide bonds. The Balaban J connectivity index is 2.05. The third-order valence-corrected chi connectivity index (χ3v) is 3.27. The molecule has 0 bridgehead atoms. The molecule has 0 radical (unpaired) electrons. The maximum Gasteiger partial charge on any atom is 0.131 e. The zero-order valence-corrected chi connectivity index (χ0v) is 10.8. The number of ether oxygens (including phenoxy) is 1. The molecule has 0 aliphatic rings. The summed E-state index contributed by atoms with van der Waals surface area (Å²) in [4.78, 5) is 4.26. The summed E-state index contributed by atoms with van der Waals surface area (Å²) >= 11 is 7.22. The molecule has 0 N–H and O–H groups in total. The fraction of sp³-hybridized carbons (Fsp3) is 0.250. The number of hydrogen-bond donors (Lipinski definition) is 0. The van der Waals surface area contributed by atoms with Crippen LogP contribution < -0.4 is 4.74 Å². The zero-order valence-electron chi connectivity index (χ0n) is 9.24. The third kappa shape index (κ3) is 3.41. The van der Waals surface area contributed by atoms with E-state index in [0.29, 0.717) is 17.9 Å². The number of hydrogen-bond acceptors (Lipinski definition) is 3. The summed E-state index contributed by atoms with van der Waals surface area (Å²) in [7, 11) is 0. The lowest BCUT2D eigenvalue weighted by Crippen LogP contribution is -1.97. The Morgan fingerprint density at radius 2 is 2.24 bits per heavy atom. The number of thiazole rings is 1. The predicted molar refractivity (Wildman–Crippen MR) is 67.1 cm³/mol. The van der Waals surface area contributed by atoms with Gasteiger partial charge in [0.2, 0.25) is 0 Å². The van der Waals surface area contributed by atoms with Crippen molar-refractivity contribution in [2.75, 3.05) is 0 Å². The number of alkyl halides is 1. The van der Waals surface area contributed by atoms with Gasteiger partial charge in [0.25, 0.3) is 0 Å². The minimum absolute atomic E-state index is 0.268. The Hall–Kier alpha value is -1.13. The SMILES string of the molecule is Cc1nc(COc2cc(F)cc(CCl)c2)cs1. The van der Waals surface area contributed by atoms with Crippen molar-refractivity contribution in [1.29, 1.82) is 0 Å². The zero-order chi connectivity index (χ0) is 12.3. The van der Waals surface area contributed by atoms with Crippen molar-refractivity contribution in [1.82, 2.24) is 4.98 Å². The lowest BCUT2D eigenvalue weighted by Gasteiger charge is -2.06. The van der Waals surface area contributed by atoms with E-state index in [2.05, 4.69) is 4.98 Å². The molecular weight excluding hydrogens is 261 g/mol. The second-order valence-corrected chi connectivity index (χ2v) is 4.90. The molecule has 1 aromatic carbocycles. The fourth-order valence-corrected chi connectivity index (χ4v) is 2.16. The van der Waals surface area contributed by atoms with Crippen LogP contribution in [0, 0.1) is 12.7 Å². The highest BCUT2D eigenvalue weighted by Gasteiger charge is 2.03. The molecule has 0 saturated carbocycles. The van der Waals surface area contributed by atoms with E-state index in [4.69, 9.17) is 16.3 Å². The van der Waals surface area contributed by atoms with E-state index in [1.54, 1.807) is 17.4 Å². The number of aryl methyl sites for hydroxylation is 1. The molecule has 90 valence electrons. The average molecular weight is 272 g/mol. The number of rotatable bonds is 4. The molecule has 1 heterocycles.